The average Bonchev–Trinajstić information content (AvgIpc) is 3.23. The minimum absolute atomic E-state index is 0.154. The van der Waals surface area contributed by atoms with Gasteiger partial charge < -0.3 is 14.9 Å². The lowest BCUT2D eigenvalue weighted by Crippen LogP contribution is -2.45. The van der Waals surface area contributed by atoms with Crippen LogP contribution in [0.1, 0.15) is 290 Å². The van der Waals surface area contributed by atoms with Gasteiger partial charge >= 0.3 is 11.9 Å². The zero-order valence-corrected chi connectivity index (χ0v) is 39.7. The summed E-state index contributed by atoms with van der Waals surface area (Å²) in [7, 11) is 0. The number of esters is 2. The highest BCUT2D eigenvalue weighted by Gasteiger charge is 2.48. The van der Waals surface area contributed by atoms with Crippen LogP contribution in [0.5, 0.6) is 0 Å². The monoisotopic (exact) mass is 833 g/mol. The minimum Gasteiger partial charge on any atom is -0.394 e. The van der Waals surface area contributed by atoms with E-state index in [1.165, 1.54) is 154 Å². The van der Waals surface area contributed by atoms with Crippen LogP contribution in [-0.2, 0) is 19.1 Å². The third-order valence-corrected chi connectivity index (χ3v) is 12.5. The van der Waals surface area contributed by atoms with Crippen molar-refractivity contribution in [2.24, 2.45) is 5.41 Å². The highest BCUT2D eigenvalue weighted by molar-refractivity contribution is 6.06. The Bertz CT molecular complexity index is 962. The molecule has 0 saturated carbocycles. The van der Waals surface area contributed by atoms with Crippen molar-refractivity contribution in [2.75, 3.05) is 6.61 Å². The number of ketones is 1. The highest BCUT2D eigenvalue weighted by atomic mass is 16.6. The standard InChI is InChI=1S/C53H100O6/c1-4-7-10-13-16-19-22-25-28-31-34-37-40-43-46-53(47-49(55)48-54,50(56)44-41-38-35-32-29-26-23-20-17-14-11-8-5-2)52(58)59-51(57)45-42-39-36-33-30-27-24-21-18-15-12-9-6-3/h25,28,49,54-55H,4-24,26-27,29-48H2,1-3H3/b28-25-. The lowest BCUT2D eigenvalue weighted by molar-refractivity contribution is -0.172. The van der Waals surface area contributed by atoms with Crippen LogP contribution in [0.3, 0.4) is 0 Å². The van der Waals surface area contributed by atoms with Crippen LogP contribution in [0.2, 0.25) is 0 Å². The summed E-state index contributed by atoms with van der Waals surface area (Å²) < 4.78 is 5.48. The van der Waals surface area contributed by atoms with Gasteiger partial charge in [-0.3, -0.25) is 14.4 Å². The van der Waals surface area contributed by atoms with Crippen molar-refractivity contribution in [1.82, 2.24) is 0 Å². The molecule has 0 heterocycles. The lowest BCUT2D eigenvalue weighted by Gasteiger charge is -2.31. The van der Waals surface area contributed by atoms with Crippen LogP contribution in [0.4, 0.5) is 0 Å². The fourth-order valence-electron chi connectivity index (χ4n) is 8.52. The Morgan fingerprint density at radius 1 is 0.458 bits per heavy atom. The summed E-state index contributed by atoms with van der Waals surface area (Å²) in [5.74, 6) is -1.64. The largest absolute Gasteiger partial charge is 0.394 e. The van der Waals surface area contributed by atoms with Gasteiger partial charge in [0, 0.05) is 12.8 Å². The Labute approximate surface area is 366 Å². The number of carbonyl (C=O) groups excluding carboxylic acids is 3. The Kier molecular flexibility index (Phi) is 43.4. The second-order valence-corrected chi connectivity index (χ2v) is 18.3. The van der Waals surface area contributed by atoms with Crippen molar-refractivity contribution in [2.45, 2.75) is 297 Å². The number of aliphatic hydroxyl groups excluding tert-OH is 2. The van der Waals surface area contributed by atoms with Crippen LogP contribution >= 0.6 is 0 Å². The molecule has 6 nitrogen and oxygen atoms in total. The van der Waals surface area contributed by atoms with Gasteiger partial charge in [0.05, 0.1) is 12.7 Å². The van der Waals surface area contributed by atoms with Gasteiger partial charge in [-0.1, -0.05) is 238 Å². The molecule has 0 saturated heterocycles. The van der Waals surface area contributed by atoms with E-state index < -0.39 is 30.1 Å². The molecule has 0 bridgehead atoms. The quantitative estimate of drug-likeness (QED) is 0.0274. The molecule has 0 aliphatic carbocycles. The number of unbranched alkanes of at least 4 members (excludes halogenated alkanes) is 34. The number of ether oxygens (including phenoxy) is 1. The van der Waals surface area contributed by atoms with E-state index in [0.717, 1.165) is 70.6 Å². The van der Waals surface area contributed by atoms with Crippen molar-refractivity contribution in [3.8, 4) is 0 Å². The van der Waals surface area contributed by atoms with Gasteiger partial charge in [0.2, 0.25) is 0 Å². The molecular weight excluding hydrogens is 733 g/mol. The van der Waals surface area contributed by atoms with E-state index in [2.05, 4.69) is 32.9 Å². The van der Waals surface area contributed by atoms with Gasteiger partial charge in [-0.05, 0) is 51.4 Å². The van der Waals surface area contributed by atoms with Gasteiger partial charge in [-0.15, -0.1) is 0 Å². The molecule has 0 rings (SSSR count). The topological polar surface area (TPSA) is 101 Å². The molecule has 0 aromatic rings. The van der Waals surface area contributed by atoms with Crippen LogP contribution < -0.4 is 0 Å². The molecule has 0 aliphatic heterocycles. The van der Waals surface area contributed by atoms with Crippen molar-refractivity contribution >= 4 is 17.7 Å². The van der Waals surface area contributed by atoms with Crippen molar-refractivity contribution in [1.29, 1.82) is 0 Å². The minimum atomic E-state index is -1.61. The molecular formula is C53H100O6. The number of allylic oxidation sites excluding steroid dienone is 2. The summed E-state index contributed by atoms with van der Waals surface area (Å²) in [6.07, 6.45) is 48.6. The number of carbonyl (C=O) groups is 3. The van der Waals surface area contributed by atoms with Crippen LogP contribution in [-0.4, -0.2) is 40.6 Å². The summed E-state index contributed by atoms with van der Waals surface area (Å²) in [5, 5.41) is 20.5. The SMILES string of the molecule is CCCCCCCC/C=C\CCCCCCC(CC(O)CO)(C(=O)CCCCCCCCCCCCCCC)C(=O)OC(=O)CCCCCCCCCCCCCCC. The zero-order chi connectivity index (χ0) is 43.3. The van der Waals surface area contributed by atoms with Crippen LogP contribution in [0.15, 0.2) is 12.2 Å². The molecule has 2 N–H and O–H groups in total. The number of rotatable bonds is 47. The van der Waals surface area contributed by atoms with Crippen molar-refractivity contribution < 1.29 is 29.3 Å². The molecule has 0 aromatic heterocycles. The normalized spacial score (nSPS) is 13.2. The van der Waals surface area contributed by atoms with E-state index in [9.17, 15) is 24.6 Å². The fraction of sp³-hybridized carbons (Fsp3) is 0.906. The first-order valence-electron chi connectivity index (χ1n) is 26.1. The number of hydrogen-bond acceptors (Lipinski definition) is 6. The summed E-state index contributed by atoms with van der Waals surface area (Å²) in [5.41, 5.74) is -1.61. The molecule has 0 amide bonds. The first-order chi connectivity index (χ1) is 28.9. The zero-order valence-electron chi connectivity index (χ0n) is 39.7. The number of hydrogen-bond donors (Lipinski definition) is 2. The molecule has 6 heteroatoms. The maximum Gasteiger partial charge on any atom is 0.327 e. The summed E-state index contributed by atoms with van der Waals surface area (Å²) in [6.45, 7) is 6.22. The first-order valence-corrected chi connectivity index (χ1v) is 26.1. The Hall–Kier alpha value is -1.53. The van der Waals surface area contributed by atoms with E-state index in [1.807, 2.05) is 0 Å². The third kappa shape index (κ3) is 35.7. The highest BCUT2D eigenvalue weighted by Crippen LogP contribution is 2.36. The van der Waals surface area contributed by atoms with E-state index in [0.29, 0.717) is 19.3 Å². The Morgan fingerprint density at radius 2 is 0.780 bits per heavy atom. The van der Waals surface area contributed by atoms with Crippen LogP contribution in [0, 0.1) is 5.41 Å². The molecule has 0 fully saturated rings. The van der Waals surface area contributed by atoms with Gasteiger partial charge in [-0.2, -0.15) is 0 Å². The van der Waals surface area contributed by atoms with E-state index in [1.54, 1.807) is 0 Å². The summed E-state index contributed by atoms with van der Waals surface area (Å²) in [4.78, 5) is 41.0. The fourth-order valence-corrected chi connectivity index (χ4v) is 8.52. The Balaban J connectivity index is 5.01. The van der Waals surface area contributed by atoms with Gasteiger partial charge in [0.15, 0.2) is 0 Å². The predicted molar refractivity (Wildman–Crippen MR) is 252 cm³/mol. The molecule has 59 heavy (non-hydrogen) atoms. The average molecular weight is 833 g/mol. The van der Waals surface area contributed by atoms with Crippen LogP contribution in [0.25, 0.3) is 0 Å². The molecule has 2 unspecified atom stereocenters. The molecule has 0 aromatic carbocycles. The smallest absolute Gasteiger partial charge is 0.327 e. The number of Topliss-reactive ketones (excluding diaryl/α,β-unsaturated/α-hetero) is 1. The van der Waals surface area contributed by atoms with Crippen molar-refractivity contribution in [3.05, 3.63) is 12.2 Å². The molecule has 348 valence electrons. The molecule has 0 radical (unpaired) electrons. The van der Waals surface area contributed by atoms with Gasteiger partial charge in [-0.25, -0.2) is 0 Å². The first kappa shape index (κ1) is 57.5. The Morgan fingerprint density at radius 3 is 1.15 bits per heavy atom. The van der Waals surface area contributed by atoms with Crippen molar-refractivity contribution in [3.63, 3.8) is 0 Å². The lowest BCUT2D eigenvalue weighted by atomic mass is 9.72. The summed E-state index contributed by atoms with van der Waals surface area (Å²) >= 11 is 0. The van der Waals surface area contributed by atoms with Gasteiger partial charge in [0.1, 0.15) is 11.2 Å². The molecule has 2 atom stereocenters. The number of aliphatic hydroxyl groups is 2. The second-order valence-electron chi connectivity index (χ2n) is 18.3. The molecule has 0 spiro atoms. The van der Waals surface area contributed by atoms with E-state index >= 15 is 0 Å². The van der Waals surface area contributed by atoms with Gasteiger partial charge in [0.25, 0.3) is 0 Å². The third-order valence-electron chi connectivity index (χ3n) is 12.5. The van der Waals surface area contributed by atoms with E-state index in [-0.39, 0.29) is 31.5 Å². The maximum atomic E-state index is 14.1. The van der Waals surface area contributed by atoms with E-state index in [4.69, 9.17) is 4.74 Å². The second kappa shape index (κ2) is 44.5. The maximum absolute atomic E-state index is 14.1. The predicted octanol–water partition coefficient (Wildman–Crippen LogP) is 16.0. The molecule has 0 aliphatic rings. The summed E-state index contributed by atoms with van der Waals surface area (Å²) in [6, 6.07) is 0.